The molecule has 0 saturated carbocycles. The maximum absolute atomic E-state index is 12.8. The molecule has 1 aromatic carbocycles. The summed E-state index contributed by atoms with van der Waals surface area (Å²) in [5.41, 5.74) is 0.604. The molecule has 0 spiro atoms. The number of hydrogen-bond donors (Lipinski definition) is 2. The van der Waals surface area contributed by atoms with Crippen LogP contribution in [0.2, 0.25) is 0 Å². The Bertz CT molecular complexity index is 937. The van der Waals surface area contributed by atoms with Crippen molar-refractivity contribution in [3.05, 3.63) is 79.2 Å². The van der Waals surface area contributed by atoms with Crippen LogP contribution < -0.4 is 10.6 Å². The number of carbonyl (C=O) groups excluding carboxylic acids is 2. The minimum absolute atomic E-state index is 0.158. The van der Waals surface area contributed by atoms with E-state index in [9.17, 15) is 9.59 Å². The van der Waals surface area contributed by atoms with Crippen molar-refractivity contribution in [1.82, 2.24) is 15.6 Å². The number of fused-ring (bicyclic) bond motifs is 1. The number of benzene rings is 1. The first-order valence-electron chi connectivity index (χ1n) is 10.3. The van der Waals surface area contributed by atoms with Gasteiger partial charge in [0.2, 0.25) is 0 Å². The molecule has 6 nitrogen and oxygen atoms in total. The molecule has 31 heavy (non-hydrogen) atoms. The first kappa shape index (κ1) is 25.6. The lowest BCUT2D eigenvalue weighted by molar-refractivity contribution is 0.0510. The Morgan fingerprint density at radius 3 is 2.52 bits per heavy atom. The van der Waals surface area contributed by atoms with Gasteiger partial charge in [0.05, 0.1) is 6.04 Å². The average molecular weight is 424 g/mol. The summed E-state index contributed by atoms with van der Waals surface area (Å²) >= 11 is 0. The Hall–Kier alpha value is -3.41. The summed E-state index contributed by atoms with van der Waals surface area (Å²) in [5, 5.41) is 7.34. The van der Waals surface area contributed by atoms with Gasteiger partial charge in [0.15, 0.2) is 0 Å². The molecule has 2 rings (SSSR count). The third kappa shape index (κ3) is 8.09. The van der Waals surface area contributed by atoms with E-state index >= 15 is 0 Å². The standard InChI is InChI=1S/C23H27N3O3.C2H6/c1-6-9-16(7-2)20(26-22(28)29-23(3,4)5)15-25-21(27)19-11-8-10-17-14-24-13-12-18(17)19;1-2/h6-14,20H,1-2,15H2,3-5H3,(H,25,27)(H,26,28);1-2H3/b16-9+;. The minimum atomic E-state index is -0.634. The quantitative estimate of drug-likeness (QED) is 0.601. The first-order valence-corrected chi connectivity index (χ1v) is 10.3. The fourth-order valence-corrected chi connectivity index (χ4v) is 2.78. The molecule has 0 aliphatic heterocycles. The van der Waals surface area contributed by atoms with Gasteiger partial charge >= 0.3 is 6.09 Å². The highest BCUT2D eigenvalue weighted by Gasteiger charge is 2.22. The summed E-state index contributed by atoms with van der Waals surface area (Å²) in [6.07, 6.45) is 7.71. The molecular weight excluding hydrogens is 390 g/mol. The van der Waals surface area contributed by atoms with Gasteiger partial charge in [-0.1, -0.05) is 57.4 Å². The Morgan fingerprint density at radius 2 is 1.90 bits per heavy atom. The van der Waals surface area contributed by atoms with Gasteiger partial charge in [-0.2, -0.15) is 0 Å². The summed E-state index contributed by atoms with van der Waals surface area (Å²) in [6, 6.07) is 6.73. The van der Waals surface area contributed by atoms with Crippen LogP contribution in [0.5, 0.6) is 0 Å². The zero-order valence-electron chi connectivity index (χ0n) is 19.1. The van der Waals surface area contributed by atoms with E-state index in [0.717, 1.165) is 10.8 Å². The Kier molecular flexibility index (Phi) is 10.2. The van der Waals surface area contributed by atoms with Crippen LogP contribution in [-0.4, -0.2) is 35.2 Å². The van der Waals surface area contributed by atoms with Crippen LogP contribution in [0.3, 0.4) is 0 Å². The number of carbonyl (C=O) groups is 2. The highest BCUT2D eigenvalue weighted by Crippen LogP contribution is 2.17. The number of hydrogen-bond acceptors (Lipinski definition) is 4. The number of nitrogens with zero attached hydrogens (tertiary/aromatic N) is 1. The molecule has 1 atom stereocenters. The lowest BCUT2D eigenvalue weighted by atomic mass is 10.0. The van der Waals surface area contributed by atoms with Gasteiger partial charge in [-0.25, -0.2) is 4.79 Å². The van der Waals surface area contributed by atoms with E-state index in [1.54, 1.807) is 63.5 Å². The topological polar surface area (TPSA) is 80.3 Å². The zero-order chi connectivity index (χ0) is 23.4. The molecule has 1 heterocycles. The molecule has 2 N–H and O–H groups in total. The van der Waals surface area contributed by atoms with E-state index in [1.807, 2.05) is 26.0 Å². The fraction of sp³-hybridized carbons (Fsp3) is 0.320. The SMILES string of the molecule is C=C/C=C(\C=C)C(CNC(=O)c1cccc2cnccc12)NC(=O)OC(C)(C)C.CC. The van der Waals surface area contributed by atoms with Gasteiger partial charge in [0.25, 0.3) is 5.91 Å². The Balaban J connectivity index is 0.00000233. The van der Waals surface area contributed by atoms with Crippen LogP contribution in [0.15, 0.2) is 73.6 Å². The molecular formula is C25H33N3O3. The second-order valence-corrected chi connectivity index (χ2v) is 7.42. The number of aromatic nitrogens is 1. The monoisotopic (exact) mass is 423 g/mol. The summed E-state index contributed by atoms with van der Waals surface area (Å²) in [6.45, 7) is 17.0. The van der Waals surface area contributed by atoms with Crippen molar-refractivity contribution < 1.29 is 14.3 Å². The number of ether oxygens (including phenoxy) is 1. The number of amides is 2. The fourth-order valence-electron chi connectivity index (χ4n) is 2.78. The number of allylic oxidation sites excluding steroid dienone is 2. The van der Waals surface area contributed by atoms with Crippen molar-refractivity contribution in [2.45, 2.75) is 46.3 Å². The van der Waals surface area contributed by atoms with Crippen LogP contribution >= 0.6 is 0 Å². The van der Waals surface area contributed by atoms with Crippen LogP contribution in [0, 0.1) is 0 Å². The van der Waals surface area contributed by atoms with E-state index in [0.29, 0.717) is 11.1 Å². The van der Waals surface area contributed by atoms with Gasteiger partial charge < -0.3 is 15.4 Å². The first-order chi connectivity index (χ1) is 14.7. The molecule has 0 radical (unpaired) electrons. The molecule has 0 fully saturated rings. The lowest BCUT2D eigenvalue weighted by Gasteiger charge is -2.24. The molecule has 166 valence electrons. The largest absolute Gasteiger partial charge is 0.444 e. The molecule has 0 aliphatic rings. The van der Waals surface area contributed by atoms with E-state index in [4.69, 9.17) is 4.74 Å². The molecule has 0 aliphatic carbocycles. The zero-order valence-corrected chi connectivity index (χ0v) is 19.1. The van der Waals surface area contributed by atoms with Crippen molar-refractivity contribution in [2.75, 3.05) is 6.54 Å². The predicted molar refractivity (Wildman–Crippen MR) is 127 cm³/mol. The van der Waals surface area contributed by atoms with Gasteiger partial charge in [0.1, 0.15) is 5.60 Å². The number of pyridine rings is 1. The van der Waals surface area contributed by atoms with E-state index < -0.39 is 17.7 Å². The summed E-state index contributed by atoms with van der Waals surface area (Å²) in [7, 11) is 0. The molecule has 0 bridgehead atoms. The van der Waals surface area contributed by atoms with Gasteiger partial charge in [0, 0.05) is 29.9 Å². The summed E-state index contributed by atoms with van der Waals surface area (Å²) in [4.78, 5) is 29.1. The van der Waals surface area contributed by atoms with Gasteiger partial charge in [-0.3, -0.25) is 9.78 Å². The van der Waals surface area contributed by atoms with Crippen molar-refractivity contribution in [2.24, 2.45) is 0 Å². The number of nitrogens with one attached hydrogen (secondary N) is 2. The third-order valence-corrected chi connectivity index (χ3v) is 4.03. The van der Waals surface area contributed by atoms with Crippen LogP contribution in [-0.2, 0) is 4.74 Å². The molecule has 2 aromatic rings. The van der Waals surface area contributed by atoms with E-state index in [2.05, 4.69) is 28.8 Å². The van der Waals surface area contributed by atoms with E-state index in [-0.39, 0.29) is 12.5 Å². The Labute approximate surface area is 185 Å². The van der Waals surface area contributed by atoms with Crippen LogP contribution in [0.4, 0.5) is 4.79 Å². The molecule has 6 heteroatoms. The summed E-state index contributed by atoms with van der Waals surface area (Å²) in [5.74, 6) is -0.250. The third-order valence-electron chi connectivity index (χ3n) is 4.03. The molecule has 2 amide bonds. The predicted octanol–water partition coefficient (Wildman–Crippen LogP) is 5.18. The van der Waals surface area contributed by atoms with Gasteiger partial charge in [-0.15, -0.1) is 0 Å². The Morgan fingerprint density at radius 1 is 1.19 bits per heavy atom. The van der Waals surface area contributed by atoms with Gasteiger partial charge in [-0.05, 0) is 43.9 Å². The molecule has 1 aromatic heterocycles. The van der Waals surface area contributed by atoms with Crippen LogP contribution in [0.25, 0.3) is 10.8 Å². The van der Waals surface area contributed by atoms with Crippen LogP contribution in [0.1, 0.15) is 45.0 Å². The van der Waals surface area contributed by atoms with Crippen molar-refractivity contribution >= 4 is 22.8 Å². The minimum Gasteiger partial charge on any atom is -0.444 e. The van der Waals surface area contributed by atoms with Crippen molar-refractivity contribution in [3.63, 3.8) is 0 Å². The highest BCUT2D eigenvalue weighted by atomic mass is 16.6. The molecule has 0 saturated heterocycles. The molecule has 1 unspecified atom stereocenters. The maximum Gasteiger partial charge on any atom is 0.408 e. The normalized spacial score (nSPS) is 12.1. The highest BCUT2D eigenvalue weighted by molar-refractivity contribution is 6.06. The lowest BCUT2D eigenvalue weighted by Crippen LogP contribution is -2.46. The second kappa shape index (κ2) is 12.3. The number of rotatable bonds is 7. The second-order valence-electron chi connectivity index (χ2n) is 7.42. The smallest absolute Gasteiger partial charge is 0.408 e. The van der Waals surface area contributed by atoms with Crippen molar-refractivity contribution in [3.8, 4) is 0 Å². The van der Waals surface area contributed by atoms with E-state index in [1.165, 1.54) is 0 Å². The number of alkyl carbamates (subject to hydrolysis) is 1. The average Bonchev–Trinajstić information content (AvgIpc) is 2.74. The maximum atomic E-state index is 12.8. The van der Waals surface area contributed by atoms with Crippen molar-refractivity contribution in [1.29, 1.82) is 0 Å². The summed E-state index contributed by atoms with van der Waals surface area (Å²) < 4.78 is 5.33.